The Morgan fingerprint density at radius 3 is 2.71 bits per heavy atom. The summed E-state index contributed by atoms with van der Waals surface area (Å²) in [5.41, 5.74) is 2.79. The number of halogens is 1. The normalized spacial score (nSPS) is 10.5. The van der Waals surface area contributed by atoms with E-state index in [9.17, 15) is 4.79 Å². The fraction of sp³-hybridized carbons (Fsp3) is 0.167. The van der Waals surface area contributed by atoms with Gasteiger partial charge in [-0.1, -0.05) is 0 Å². The van der Waals surface area contributed by atoms with Gasteiger partial charge in [0.1, 0.15) is 5.69 Å². The zero-order valence-corrected chi connectivity index (χ0v) is 11.6. The van der Waals surface area contributed by atoms with Crippen LogP contribution < -0.4 is 0 Å². The number of aryl methyl sites for hydroxylation is 2. The van der Waals surface area contributed by atoms with Gasteiger partial charge in [-0.05, 0) is 54.6 Å². The summed E-state index contributed by atoms with van der Waals surface area (Å²) >= 11 is 2.10. The predicted octanol–water partition coefficient (Wildman–Crippen LogP) is 2.79. The average Bonchev–Trinajstić information content (AvgIpc) is 2.60. The molecule has 88 valence electrons. The lowest BCUT2D eigenvalue weighted by Crippen LogP contribution is -2.07. The number of hydrogen-bond donors (Lipinski definition) is 1. The van der Waals surface area contributed by atoms with E-state index in [1.54, 1.807) is 16.8 Å². The Labute approximate surface area is 112 Å². The molecule has 0 bridgehead atoms. The van der Waals surface area contributed by atoms with Crippen LogP contribution in [0.1, 0.15) is 21.9 Å². The highest BCUT2D eigenvalue weighted by Crippen LogP contribution is 2.19. The van der Waals surface area contributed by atoms with E-state index in [-0.39, 0.29) is 5.69 Å². The van der Waals surface area contributed by atoms with Crippen molar-refractivity contribution >= 4 is 28.6 Å². The highest BCUT2D eigenvalue weighted by Gasteiger charge is 2.14. The Morgan fingerprint density at radius 2 is 2.12 bits per heavy atom. The van der Waals surface area contributed by atoms with Gasteiger partial charge in [0.15, 0.2) is 0 Å². The Balaban J connectivity index is 2.63. The van der Waals surface area contributed by atoms with E-state index < -0.39 is 5.97 Å². The molecule has 0 unspecified atom stereocenters. The molecule has 0 saturated carbocycles. The molecule has 2 heterocycles. The van der Waals surface area contributed by atoms with Crippen LogP contribution in [0.25, 0.3) is 5.69 Å². The smallest absolute Gasteiger partial charge is 0.352 e. The SMILES string of the molecule is Cc1ccc(-n2cc(I)cc2C(=O)O)c(C)n1. The summed E-state index contributed by atoms with van der Waals surface area (Å²) in [4.78, 5) is 15.5. The molecule has 0 fully saturated rings. The van der Waals surface area contributed by atoms with Crippen LogP contribution in [0.5, 0.6) is 0 Å². The van der Waals surface area contributed by atoms with Crippen molar-refractivity contribution in [1.29, 1.82) is 0 Å². The van der Waals surface area contributed by atoms with Crippen molar-refractivity contribution in [2.75, 3.05) is 0 Å². The first-order chi connectivity index (χ1) is 7.99. The third-order valence-electron chi connectivity index (χ3n) is 2.46. The maximum atomic E-state index is 11.1. The Morgan fingerprint density at radius 1 is 1.41 bits per heavy atom. The van der Waals surface area contributed by atoms with Crippen LogP contribution in [-0.4, -0.2) is 20.6 Å². The summed E-state index contributed by atoms with van der Waals surface area (Å²) in [5.74, 6) is -0.937. The molecule has 2 rings (SSSR count). The van der Waals surface area contributed by atoms with Crippen molar-refractivity contribution < 1.29 is 9.90 Å². The second-order valence-electron chi connectivity index (χ2n) is 3.78. The lowest BCUT2D eigenvalue weighted by molar-refractivity contribution is 0.0688. The largest absolute Gasteiger partial charge is 0.477 e. The van der Waals surface area contributed by atoms with Gasteiger partial charge in [0.2, 0.25) is 0 Å². The highest BCUT2D eigenvalue weighted by atomic mass is 127. The molecule has 0 aliphatic carbocycles. The third-order valence-corrected chi connectivity index (χ3v) is 3.05. The third kappa shape index (κ3) is 2.33. The van der Waals surface area contributed by atoms with Crippen LogP contribution in [0, 0.1) is 17.4 Å². The second-order valence-corrected chi connectivity index (χ2v) is 5.02. The van der Waals surface area contributed by atoms with Gasteiger partial charge in [-0.2, -0.15) is 0 Å². The van der Waals surface area contributed by atoms with E-state index in [1.165, 1.54) is 0 Å². The Bertz CT molecular complexity index is 590. The number of carbonyl (C=O) groups is 1. The average molecular weight is 342 g/mol. The molecule has 4 nitrogen and oxygen atoms in total. The monoisotopic (exact) mass is 342 g/mol. The van der Waals surface area contributed by atoms with Crippen LogP contribution in [-0.2, 0) is 0 Å². The molecule has 0 aromatic carbocycles. The van der Waals surface area contributed by atoms with Gasteiger partial charge in [-0.15, -0.1) is 0 Å². The predicted molar refractivity (Wildman–Crippen MR) is 72.7 cm³/mol. The molecule has 0 saturated heterocycles. The van der Waals surface area contributed by atoms with E-state index in [4.69, 9.17) is 5.11 Å². The summed E-state index contributed by atoms with van der Waals surface area (Å²) in [7, 11) is 0. The summed E-state index contributed by atoms with van der Waals surface area (Å²) in [6.07, 6.45) is 1.80. The molecule has 2 aromatic rings. The van der Waals surface area contributed by atoms with Crippen LogP contribution >= 0.6 is 22.6 Å². The molecule has 5 heteroatoms. The minimum absolute atomic E-state index is 0.253. The summed E-state index contributed by atoms with van der Waals surface area (Å²) in [5, 5.41) is 9.14. The van der Waals surface area contributed by atoms with Crippen LogP contribution in [0.15, 0.2) is 24.4 Å². The van der Waals surface area contributed by atoms with Crippen LogP contribution in [0.3, 0.4) is 0 Å². The van der Waals surface area contributed by atoms with Gasteiger partial charge in [-0.25, -0.2) is 4.79 Å². The number of carboxylic acids is 1. The number of hydrogen-bond acceptors (Lipinski definition) is 2. The quantitative estimate of drug-likeness (QED) is 0.854. The van der Waals surface area contributed by atoms with Crippen LogP contribution in [0.4, 0.5) is 0 Å². The fourth-order valence-electron chi connectivity index (χ4n) is 1.73. The first-order valence-corrected chi connectivity index (χ1v) is 6.12. The molecular weight excluding hydrogens is 331 g/mol. The van der Waals surface area contributed by atoms with Crippen molar-refractivity contribution in [3.8, 4) is 5.69 Å². The second kappa shape index (κ2) is 4.48. The Kier molecular flexibility index (Phi) is 3.19. The summed E-state index contributed by atoms with van der Waals surface area (Å²) in [6.45, 7) is 3.79. The van der Waals surface area contributed by atoms with Crippen molar-refractivity contribution in [1.82, 2.24) is 9.55 Å². The van der Waals surface area contributed by atoms with Gasteiger partial charge < -0.3 is 9.67 Å². The molecular formula is C12H11IN2O2. The van der Waals surface area contributed by atoms with E-state index in [2.05, 4.69) is 27.6 Å². The molecule has 0 spiro atoms. The lowest BCUT2D eigenvalue weighted by atomic mass is 10.2. The van der Waals surface area contributed by atoms with Gasteiger partial charge in [-0.3, -0.25) is 4.98 Å². The van der Waals surface area contributed by atoms with E-state index in [0.717, 1.165) is 20.6 Å². The minimum Gasteiger partial charge on any atom is -0.477 e. The first kappa shape index (κ1) is 12.1. The molecule has 0 radical (unpaired) electrons. The fourth-order valence-corrected chi connectivity index (χ4v) is 2.30. The maximum absolute atomic E-state index is 11.1. The first-order valence-electron chi connectivity index (χ1n) is 5.05. The number of aromatic nitrogens is 2. The number of rotatable bonds is 2. The number of nitrogens with zero attached hydrogens (tertiary/aromatic N) is 2. The van der Waals surface area contributed by atoms with Crippen molar-refractivity contribution in [3.63, 3.8) is 0 Å². The number of carboxylic acid groups (broad SMARTS) is 1. The minimum atomic E-state index is -0.937. The molecule has 0 amide bonds. The van der Waals surface area contributed by atoms with Gasteiger partial charge in [0, 0.05) is 15.5 Å². The zero-order valence-electron chi connectivity index (χ0n) is 9.44. The number of aromatic carboxylic acids is 1. The highest BCUT2D eigenvalue weighted by molar-refractivity contribution is 14.1. The Hall–Kier alpha value is -1.37. The van der Waals surface area contributed by atoms with Crippen molar-refractivity contribution in [2.24, 2.45) is 0 Å². The molecule has 0 atom stereocenters. The van der Waals surface area contributed by atoms with Gasteiger partial charge in [0.25, 0.3) is 0 Å². The summed E-state index contributed by atoms with van der Waals surface area (Å²) < 4.78 is 2.55. The topological polar surface area (TPSA) is 55.1 Å². The molecule has 0 aliphatic heterocycles. The number of pyridine rings is 1. The van der Waals surface area contributed by atoms with E-state index >= 15 is 0 Å². The van der Waals surface area contributed by atoms with Crippen LogP contribution in [0.2, 0.25) is 0 Å². The van der Waals surface area contributed by atoms with Crippen molar-refractivity contribution in [2.45, 2.75) is 13.8 Å². The van der Waals surface area contributed by atoms with E-state index in [1.807, 2.05) is 26.0 Å². The van der Waals surface area contributed by atoms with Crippen molar-refractivity contribution in [3.05, 3.63) is 45.0 Å². The standard InChI is InChI=1S/C12H11IN2O2/c1-7-3-4-10(8(2)14-7)15-6-9(13)5-11(15)12(16)17/h3-6H,1-2H3,(H,16,17). The maximum Gasteiger partial charge on any atom is 0.352 e. The lowest BCUT2D eigenvalue weighted by Gasteiger charge is -2.09. The zero-order chi connectivity index (χ0) is 12.6. The molecule has 17 heavy (non-hydrogen) atoms. The molecule has 1 N–H and O–H groups in total. The van der Waals surface area contributed by atoms with Gasteiger partial charge >= 0.3 is 5.97 Å². The molecule has 0 aliphatic rings. The van der Waals surface area contributed by atoms with Gasteiger partial charge in [0.05, 0.1) is 11.4 Å². The molecule has 2 aromatic heterocycles. The summed E-state index contributed by atoms with van der Waals surface area (Å²) in [6, 6.07) is 5.41. The van der Waals surface area contributed by atoms with E-state index in [0.29, 0.717) is 0 Å².